The zero-order valence-electron chi connectivity index (χ0n) is 48.9. The van der Waals surface area contributed by atoms with Gasteiger partial charge in [0.05, 0.1) is 0 Å². The largest absolute Gasteiger partial charge is 0.462 e. The van der Waals surface area contributed by atoms with E-state index in [2.05, 4.69) is 69.4 Å². The number of unbranched alkanes of at least 4 members (excludes halogenated alkanes) is 40. The van der Waals surface area contributed by atoms with Gasteiger partial charge in [-0.05, 0) is 83.5 Å². The normalized spacial score (nSPS) is 12.3. The summed E-state index contributed by atoms with van der Waals surface area (Å²) in [6.45, 7) is 6.66. The standard InChI is InChI=1S/C67H122O6/c1-4-7-10-13-16-19-22-25-28-30-32-33-35-36-39-42-45-48-51-54-57-60-66(69)72-63-64(62-71-65(68)59-56-53-50-47-44-41-38-27-24-21-18-15-12-9-6-3)73-67(70)61-58-55-52-49-46-43-40-37-34-31-29-26-23-20-17-14-11-8-5-2/h22,25,27,30,32,35-36,38,64H,4-21,23-24,26,28-29,31,33-34,37,39-63H2,1-3H3/b25-22-,32-30-,36-35-,38-27-. The molecule has 73 heavy (non-hydrogen) atoms. The Morgan fingerprint density at radius 3 is 0.781 bits per heavy atom. The van der Waals surface area contributed by atoms with E-state index >= 15 is 0 Å². The fourth-order valence-corrected chi connectivity index (χ4v) is 9.45. The van der Waals surface area contributed by atoms with E-state index < -0.39 is 6.10 Å². The average Bonchev–Trinajstić information content (AvgIpc) is 3.39. The number of hydrogen-bond acceptors (Lipinski definition) is 6. The van der Waals surface area contributed by atoms with Crippen molar-refractivity contribution in [3.05, 3.63) is 48.6 Å². The number of carbonyl (C=O) groups excluding carboxylic acids is 3. The fraction of sp³-hybridized carbons (Fsp3) is 0.836. The molecule has 6 heteroatoms. The van der Waals surface area contributed by atoms with Crippen LogP contribution in [0.3, 0.4) is 0 Å². The van der Waals surface area contributed by atoms with E-state index in [1.807, 2.05) is 0 Å². The molecule has 0 aromatic heterocycles. The van der Waals surface area contributed by atoms with E-state index in [0.29, 0.717) is 19.3 Å². The van der Waals surface area contributed by atoms with Crippen LogP contribution in [0, 0.1) is 0 Å². The molecule has 0 heterocycles. The van der Waals surface area contributed by atoms with E-state index in [4.69, 9.17) is 14.2 Å². The van der Waals surface area contributed by atoms with Gasteiger partial charge in [0.2, 0.25) is 0 Å². The molecule has 0 radical (unpaired) electrons. The first kappa shape index (κ1) is 70.4. The Hall–Kier alpha value is -2.63. The van der Waals surface area contributed by atoms with Crippen LogP contribution < -0.4 is 0 Å². The molecule has 0 aliphatic carbocycles. The number of ether oxygens (including phenoxy) is 3. The monoisotopic (exact) mass is 1020 g/mol. The van der Waals surface area contributed by atoms with Crippen LogP contribution in [0.4, 0.5) is 0 Å². The van der Waals surface area contributed by atoms with Gasteiger partial charge in [-0.1, -0.05) is 288 Å². The SMILES string of the molecule is CCCCCCC/C=C\C/C=C\C/C=C\CCCCCCCCC(=O)OCC(COC(=O)CCCCCCC/C=C\CCCCCCCC)OC(=O)CCCCCCCCCCCCCCCCCCCCC. The Balaban J connectivity index is 4.36. The summed E-state index contributed by atoms with van der Waals surface area (Å²) in [5, 5.41) is 0. The molecule has 0 saturated heterocycles. The van der Waals surface area contributed by atoms with E-state index in [1.165, 1.54) is 218 Å². The molecular weight excluding hydrogens is 901 g/mol. The maximum absolute atomic E-state index is 12.9. The minimum Gasteiger partial charge on any atom is -0.462 e. The van der Waals surface area contributed by atoms with E-state index in [9.17, 15) is 14.4 Å². The number of allylic oxidation sites excluding steroid dienone is 8. The Morgan fingerprint density at radius 2 is 0.493 bits per heavy atom. The third kappa shape index (κ3) is 60.1. The Kier molecular flexibility index (Phi) is 59.7. The highest BCUT2D eigenvalue weighted by molar-refractivity contribution is 5.71. The van der Waals surface area contributed by atoms with Crippen LogP contribution in [0.25, 0.3) is 0 Å². The first-order valence-corrected chi connectivity index (χ1v) is 32.1. The van der Waals surface area contributed by atoms with Crippen LogP contribution in [0.2, 0.25) is 0 Å². The van der Waals surface area contributed by atoms with E-state index in [-0.39, 0.29) is 31.1 Å². The summed E-state index contributed by atoms with van der Waals surface area (Å²) in [5.41, 5.74) is 0. The van der Waals surface area contributed by atoms with Gasteiger partial charge in [0.15, 0.2) is 6.10 Å². The van der Waals surface area contributed by atoms with Crippen molar-refractivity contribution in [2.24, 2.45) is 0 Å². The van der Waals surface area contributed by atoms with Gasteiger partial charge in [-0.15, -0.1) is 0 Å². The van der Waals surface area contributed by atoms with Crippen LogP contribution >= 0.6 is 0 Å². The van der Waals surface area contributed by atoms with Crippen LogP contribution in [-0.4, -0.2) is 37.2 Å². The van der Waals surface area contributed by atoms with Gasteiger partial charge < -0.3 is 14.2 Å². The maximum atomic E-state index is 12.9. The van der Waals surface area contributed by atoms with Gasteiger partial charge in [-0.3, -0.25) is 14.4 Å². The molecule has 0 aliphatic heterocycles. The Morgan fingerprint density at radius 1 is 0.274 bits per heavy atom. The molecule has 0 aromatic carbocycles. The van der Waals surface area contributed by atoms with Crippen LogP contribution in [0.5, 0.6) is 0 Å². The van der Waals surface area contributed by atoms with Gasteiger partial charge >= 0.3 is 17.9 Å². The van der Waals surface area contributed by atoms with Crippen molar-refractivity contribution in [3.63, 3.8) is 0 Å². The summed E-state index contributed by atoms with van der Waals surface area (Å²) >= 11 is 0. The highest BCUT2D eigenvalue weighted by Gasteiger charge is 2.19. The van der Waals surface area contributed by atoms with Crippen molar-refractivity contribution in [1.29, 1.82) is 0 Å². The summed E-state index contributed by atoms with van der Waals surface area (Å²) in [6, 6.07) is 0. The molecule has 0 spiro atoms. The minimum absolute atomic E-state index is 0.0784. The number of esters is 3. The van der Waals surface area contributed by atoms with Crippen molar-refractivity contribution in [3.8, 4) is 0 Å². The lowest BCUT2D eigenvalue weighted by atomic mass is 10.0. The molecule has 0 N–H and O–H groups in total. The van der Waals surface area contributed by atoms with Crippen molar-refractivity contribution < 1.29 is 28.6 Å². The third-order valence-electron chi connectivity index (χ3n) is 14.3. The predicted molar refractivity (Wildman–Crippen MR) is 316 cm³/mol. The molecule has 6 nitrogen and oxygen atoms in total. The first-order valence-electron chi connectivity index (χ1n) is 32.1. The summed E-state index contributed by atoms with van der Waals surface area (Å²) in [6.07, 6.45) is 76.8. The average molecular weight is 1020 g/mol. The Bertz CT molecular complexity index is 1270. The molecule has 0 aromatic rings. The van der Waals surface area contributed by atoms with Crippen LogP contribution in [-0.2, 0) is 28.6 Å². The smallest absolute Gasteiger partial charge is 0.306 e. The van der Waals surface area contributed by atoms with Gasteiger partial charge in [0.1, 0.15) is 13.2 Å². The summed E-state index contributed by atoms with van der Waals surface area (Å²) in [7, 11) is 0. The first-order chi connectivity index (χ1) is 36.0. The highest BCUT2D eigenvalue weighted by atomic mass is 16.6. The topological polar surface area (TPSA) is 78.9 Å². The quantitative estimate of drug-likeness (QED) is 0.0261. The van der Waals surface area contributed by atoms with Gasteiger partial charge in [0, 0.05) is 19.3 Å². The second kappa shape index (κ2) is 61.9. The van der Waals surface area contributed by atoms with E-state index in [0.717, 1.165) is 83.5 Å². The van der Waals surface area contributed by atoms with Gasteiger partial charge in [-0.25, -0.2) is 0 Å². The lowest BCUT2D eigenvalue weighted by molar-refractivity contribution is -0.167. The fourth-order valence-electron chi connectivity index (χ4n) is 9.45. The lowest BCUT2D eigenvalue weighted by Crippen LogP contribution is -2.30. The summed E-state index contributed by atoms with van der Waals surface area (Å²) in [4.78, 5) is 38.3. The maximum Gasteiger partial charge on any atom is 0.306 e. The molecule has 0 bridgehead atoms. The molecule has 0 aliphatic rings. The highest BCUT2D eigenvalue weighted by Crippen LogP contribution is 2.17. The molecule has 1 atom stereocenters. The van der Waals surface area contributed by atoms with Gasteiger partial charge in [0.25, 0.3) is 0 Å². The molecule has 0 fully saturated rings. The van der Waals surface area contributed by atoms with Crippen LogP contribution in [0.1, 0.15) is 342 Å². The zero-order valence-corrected chi connectivity index (χ0v) is 48.9. The molecule has 0 amide bonds. The molecule has 1 unspecified atom stereocenters. The predicted octanol–water partition coefficient (Wildman–Crippen LogP) is 21.8. The van der Waals surface area contributed by atoms with Crippen LogP contribution in [0.15, 0.2) is 48.6 Å². The second-order valence-corrected chi connectivity index (χ2v) is 21.7. The minimum atomic E-state index is -0.781. The number of hydrogen-bond donors (Lipinski definition) is 0. The third-order valence-corrected chi connectivity index (χ3v) is 14.3. The molecule has 426 valence electrons. The molecule has 0 rings (SSSR count). The number of carbonyl (C=O) groups is 3. The lowest BCUT2D eigenvalue weighted by Gasteiger charge is -2.18. The summed E-state index contributed by atoms with van der Waals surface area (Å²) in [5.74, 6) is -0.877. The van der Waals surface area contributed by atoms with Crippen molar-refractivity contribution >= 4 is 17.9 Å². The van der Waals surface area contributed by atoms with Crippen molar-refractivity contribution in [2.45, 2.75) is 348 Å². The van der Waals surface area contributed by atoms with Gasteiger partial charge in [-0.2, -0.15) is 0 Å². The number of rotatable bonds is 59. The Labute approximate surface area is 454 Å². The van der Waals surface area contributed by atoms with E-state index in [1.54, 1.807) is 0 Å². The van der Waals surface area contributed by atoms with Crippen molar-refractivity contribution in [2.75, 3.05) is 13.2 Å². The zero-order chi connectivity index (χ0) is 52.9. The van der Waals surface area contributed by atoms with Crippen molar-refractivity contribution in [1.82, 2.24) is 0 Å². The molecular formula is C67H122O6. The summed E-state index contributed by atoms with van der Waals surface area (Å²) < 4.78 is 16.9. The molecule has 0 saturated carbocycles. The second-order valence-electron chi connectivity index (χ2n) is 21.7.